The summed E-state index contributed by atoms with van der Waals surface area (Å²) in [6.07, 6.45) is 6.72. The molecule has 1 aliphatic heterocycles. The minimum Gasteiger partial charge on any atom is -0.382 e. The summed E-state index contributed by atoms with van der Waals surface area (Å²) in [6.45, 7) is 2.06. The van der Waals surface area contributed by atoms with Crippen LogP contribution >= 0.6 is 11.6 Å². The molecule has 0 unspecified atom stereocenters. The Labute approximate surface area is 156 Å². The molecule has 1 aromatic carbocycles. The monoisotopic (exact) mass is 373 g/mol. The zero-order valence-corrected chi connectivity index (χ0v) is 15.1. The average molecular weight is 374 g/mol. The first kappa shape index (κ1) is 17.2. The molecule has 5 nitrogen and oxygen atoms in total. The summed E-state index contributed by atoms with van der Waals surface area (Å²) in [4.78, 5) is 8.63. The van der Waals surface area contributed by atoms with Crippen LogP contribution in [0.3, 0.4) is 0 Å². The molecule has 0 spiro atoms. The van der Waals surface area contributed by atoms with E-state index in [9.17, 15) is 4.39 Å². The number of rotatable bonds is 4. The molecule has 0 bridgehead atoms. The van der Waals surface area contributed by atoms with Crippen LogP contribution in [0.2, 0.25) is 0 Å². The number of hydrogen-bond acceptors (Lipinski definition) is 5. The first-order valence-corrected chi connectivity index (χ1v) is 9.32. The third kappa shape index (κ3) is 3.66. The van der Waals surface area contributed by atoms with E-state index in [0.717, 1.165) is 42.5 Å². The van der Waals surface area contributed by atoms with E-state index in [1.54, 1.807) is 0 Å². The number of piperidine rings is 1. The predicted octanol–water partition coefficient (Wildman–Crippen LogP) is 4.30. The first-order valence-electron chi connectivity index (χ1n) is 8.94. The minimum atomic E-state index is -0.409. The van der Waals surface area contributed by atoms with Crippen molar-refractivity contribution < 1.29 is 4.39 Å². The molecule has 1 aliphatic carbocycles. The van der Waals surface area contributed by atoms with Crippen LogP contribution in [0.25, 0.3) is 10.9 Å². The number of aromatic nitrogens is 2. The molecule has 2 aliphatic rings. The van der Waals surface area contributed by atoms with Crippen LogP contribution < -0.4 is 16.0 Å². The third-order valence-electron chi connectivity index (χ3n) is 4.79. The van der Waals surface area contributed by atoms with Gasteiger partial charge in [0.05, 0.1) is 16.2 Å². The quantitative estimate of drug-likeness (QED) is 0.745. The maximum absolute atomic E-state index is 14.3. The van der Waals surface area contributed by atoms with Crippen LogP contribution in [0.4, 0.5) is 15.9 Å². The topological polar surface area (TPSA) is 61.9 Å². The molecule has 1 aromatic heterocycles. The highest BCUT2D eigenvalue weighted by Gasteiger charge is 2.17. The molecule has 1 fully saturated rings. The zero-order chi connectivity index (χ0) is 17.9. The second-order valence-electron chi connectivity index (χ2n) is 6.62. The Hall–Kier alpha value is -2.18. The Balaban J connectivity index is 1.62. The van der Waals surface area contributed by atoms with E-state index in [2.05, 4.69) is 25.9 Å². The van der Waals surface area contributed by atoms with E-state index in [1.807, 2.05) is 24.3 Å². The van der Waals surface area contributed by atoms with Crippen molar-refractivity contribution in [3.8, 4) is 0 Å². The van der Waals surface area contributed by atoms with E-state index in [1.165, 1.54) is 6.33 Å². The van der Waals surface area contributed by atoms with Gasteiger partial charge in [-0.2, -0.15) is 0 Å². The SMILES string of the molecule is FC1=C(Cl)CCC=C1Nc1ncnc2ccc(NC3CCNCC3)cc12. The van der Waals surface area contributed by atoms with Crippen molar-refractivity contribution in [2.24, 2.45) is 0 Å². The van der Waals surface area contributed by atoms with Crippen LogP contribution in [0, 0.1) is 0 Å². The Morgan fingerprint density at radius 3 is 2.88 bits per heavy atom. The predicted molar refractivity (Wildman–Crippen MR) is 104 cm³/mol. The van der Waals surface area contributed by atoms with E-state index in [4.69, 9.17) is 11.6 Å². The molecule has 26 heavy (non-hydrogen) atoms. The molecule has 0 radical (unpaired) electrons. The van der Waals surface area contributed by atoms with Crippen molar-refractivity contribution in [3.63, 3.8) is 0 Å². The summed E-state index contributed by atoms with van der Waals surface area (Å²) in [7, 11) is 0. The van der Waals surface area contributed by atoms with Crippen LogP contribution in [0.5, 0.6) is 0 Å². The highest BCUT2D eigenvalue weighted by Crippen LogP contribution is 2.31. The first-order chi connectivity index (χ1) is 12.7. The number of fused-ring (bicyclic) bond motifs is 1. The van der Waals surface area contributed by atoms with Gasteiger partial charge in [-0.3, -0.25) is 0 Å². The lowest BCUT2D eigenvalue weighted by atomic mass is 10.1. The van der Waals surface area contributed by atoms with Crippen LogP contribution in [0.15, 0.2) is 47.2 Å². The van der Waals surface area contributed by atoms with E-state index in [-0.39, 0.29) is 5.03 Å². The summed E-state index contributed by atoms with van der Waals surface area (Å²) >= 11 is 5.96. The van der Waals surface area contributed by atoms with E-state index in [0.29, 0.717) is 30.4 Å². The van der Waals surface area contributed by atoms with Gasteiger partial charge in [0.25, 0.3) is 0 Å². The summed E-state index contributed by atoms with van der Waals surface area (Å²) in [6, 6.07) is 6.46. The molecule has 3 N–H and O–H groups in total. The second kappa shape index (κ2) is 7.60. The number of allylic oxidation sites excluding steroid dienone is 3. The number of nitrogens with one attached hydrogen (secondary N) is 3. The van der Waals surface area contributed by atoms with Gasteiger partial charge in [-0.25, -0.2) is 14.4 Å². The fraction of sp³-hybridized carbons (Fsp3) is 0.368. The molecule has 4 rings (SSSR count). The van der Waals surface area contributed by atoms with Crippen molar-refractivity contribution in [3.05, 3.63) is 47.2 Å². The van der Waals surface area contributed by atoms with Gasteiger partial charge in [0.1, 0.15) is 12.1 Å². The van der Waals surface area contributed by atoms with Gasteiger partial charge < -0.3 is 16.0 Å². The standard InChI is InChI=1S/C19H21ClFN5/c20-15-2-1-3-17(18(15)21)26-19-14-10-13(4-5-16(14)23-11-24-19)25-12-6-8-22-9-7-12/h3-5,10-12,22,25H,1-2,6-9H2,(H,23,24,26). The number of halogens is 2. The summed E-state index contributed by atoms with van der Waals surface area (Å²) < 4.78 is 14.3. The summed E-state index contributed by atoms with van der Waals surface area (Å²) in [5.41, 5.74) is 2.21. The Morgan fingerprint density at radius 2 is 2.04 bits per heavy atom. The van der Waals surface area contributed by atoms with Gasteiger partial charge >= 0.3 is 0 Å². The van der Waals surface area contributed by atoms with Crippen molar-refractivity contribution in [2.45, 2.75) is 31.7 Å². The molecule has 0 amide bonds. The summed E-state index contributed by atoms with van der Waals surface area (Å²) in [5.74, 6) is 0.172. The van der Waals surface area contributed by atoms with Gasteiger partial charge in [0, 0.05) is 17.1 Å². The smallest absolute Gasteiger partial charge is 0.160 e. The lowest BCUT2D eigenvalue weighted by molar-refractivity contribution is 0.479. The normalized spacial score (nSPS) is 18.8. The van der Waals surface area contributed by atoms with E-state index >= 15 is 0 Å². The molecule has 0 atom stereocenters. The Morgan fingerprint density at radius 1 is 1.19 bits per heavy atom. The van der Waals surface area contributed by atoms with Gasteiger partial charge in [0.2, 0.25) is 0 Å². The lowest BCUT2D eigenvalue weighted by Crippen LogP contribution is -2.35. The Kier molecular flexibility index (Phi) is 5.04. The number of nitrogens with zero attached hydrogens (tertiary/aromatic N) is 2. The average Bonchev–Trinajstić information content (AvgIpc) is 2.67. The minimum absolute atomic E-state index is 0.252. The molecular formula is C19H21ClFN5. The number of benzene rings is 1. The van der Waals surface area contributed by atoms with Crippen molar-refractivity contribution in [2.75, 3.05) is 23.7 Å². The lowest BCUT2D eigenvalue weighted by Gasteiger charge is -2.25. The summed E-state index contributed by atoms with van der Waals surface area (Å²) in [5, 5.41) is 11.1. The molecule has 2 heterocycles. The van der Waals surface area contributed by atoms with Crippen LogP contribution in [-0.2, 0) is 0 Å². The van der Waals surface area contributed by atoms with Crippen LogP contribution in [0.1, 0.15) is 25.7 Å². The second-order valence-corrected chi connectivity index (χ2v) is 7.08. The van der Waals surface area contributed by atoms with Gasteiger partial charge in [0.15, 0.2) is 5.83 Å². The van der Waals surface area contributed by atoms with E-state index < -0.39 is 5.83 Å². The molecular weight excluding hydrogens is 353 g/mol. The van der Waals surface area contributed by atoms with Crippen molar-refractivity contribution in [1.82, 2.24) is 15.3 Å². The van der Waals surface area contributed by atoms with Crippen molar-refractivity contribution >= 4 is 34.0 Å². The maximum Gasteiger partial charge on any atom is 0.160 e. The highest BCUT2D eigenvalue weighted by atomic mass is 35.5. The fourth-order valence-corrected chi connectivity index (χ4v) is 3.58. The molecule has 7 heteroatoms. The van der Waals surface area contributed by atoms with Crippen molar-refractivity contribution in [1.29, 1.82) is 0 Å². The molecule has 0 saturated carbocycles. The number of hydrogen-bond donors (Lipinski definition) is 3. The largest absolute Gasteiger partial charge is 0.382 e. The van der Waals surface area contributed by atoms with Gasteiger partial charge in [-0.05, 0) is 57.0 Å². The zero-order valence-electron chi connectivity index (χ0n) is 14.4. The van der Waals surface area contributed by atoms with Gasteiger partial charge in [-0.15, -0.1) is 0 Å². The fourth-order valence-electron chi connectivity index (χ4n) is 3.37. The molecule has 2 aromatic rings. The van der Waals surface area contributed by atoms with Crippen LogP contribution in [-0.4, -0.2) is 29.1 Å². The Bertz CT molecular complexity index is 873. The molecule has 136 valence electrons. The maximum atomic E-state index is 14.3. The number of anilines is 2. The molecule has 1 saturated heterocycles. The highest BCUT2D eigenvalue weighted by molar-refractivity contribution is 6.30. The van der Waals surface area contributed by atoms with Gasteiger partial charge in [-0.1, -0.05) is 17.7 Å². The third-order valence-corrected chi connectivity index (χ3v) is 5.14.